The molecule has 8 heteroatoms. The molecule has 1 heterocycles. The second-order valence-corrected chi connectivity index (χ2v) is 5.92. The molecule has 2 aromatic carbocycles. The first-order valence-electron chi connectivity index (χ1n) is 7.69. The molecule has 0 aliphatic rings. The number of ether oxygens (including phenoxy) is 1. The minimum absolute atomic E-state index is 0.0130. The molecule has 0 radical (unpaired) electrons. The first kappa shape index (κ1) is 17.6. The third kappa shape index (κ3) is 4.25. The number of nitrogens with zero attached hydrogens (tertiary/aromatic N) is 3. The Bertz CT molecular complexity index is 938. The summed E-state index contributed by atoms with van der Waals surface area (Å²) in [6, 6.07) is 13.2. The van der Waals surface area contributed by atoms with Gasteiger partial charge in [0.05, 0.1) is 23.2 Å². The topological polar surface area (TPSA) is 87.3 Å². The molecule has 0 amide bonds. The fraction of sp³-hybridized carbons (Fsp3) is 0.111. The molecule has 0 aliphatic carbocycles. The predicted molar refractivity (Wildman–Crippen MR) is 95.0 cm³/mol. The Morgan fingerprint density at radius 1 is 1.19 bits per heavy atom. The maximum Gasteiger partial charge on any atom is 0.341 e. The lowest BCUT2D eigenvalue weighted by molar-refractivity contribution is -0.384. The van der Waals surface area contributed by atoms with Gasteiger partial charge in [0, 0.05) is 23.4 Å². The van der Waals surface area contributed by atoms with E-state index in [0.29, 0.717) is 22.7 Å². The van der Waals surface area contributed by atoms with E-state index in [1.165, 1.54) is 18.3 Å². The summed E-state index contributed by atoms with van der Waals surface area (Å²) < 4.78 is 6.81. The summed E-state index contributed by atoms with van der Waals surface area (Å²) in [5.41, 5.74) is 1.86. The van der Waals surface area contributed by atoms with E-state index < -0.39 is 10.9 Å². The van der Waals surface area contributed by atoms with Gasteiger partial charge < -0.3 is 4.74 Å². The van der Waals surface area contributed by atoms with Crippen molar-refractivity contribution in [3.8, 4) is 0 Å². The molecule has 0 saturated heterocycles. The Hall–Kier alpha value is -3.19. The maximum absolute atomic E-state index is 12.1. The lowest BCUT2D eigenvalue weighted by Crippen LogP contribution is -2.05. The van der Waals surface area contributed by atoms with Crippen molar-refractivity contribution in [2.24, 2.45) is 0 Å². The Morgan fingerprint density at radius 3 is 2.62 bits per heavy atom. The zero-order valence-electron chi connectivity index (χ0n) is 13.5. The zero-order chi connectivity index (χ0) is 18.5. The van der Waals surface area contributed by atoms with Crippen LogP contribution in [0.2, 0.25) is 5.02 Å². The van der Waals surface area contributed by atoms with Crippen LogP contribution in [0.15, 0.2) is 60.9 Å². The van der Waals surface area contributed by atoms with Gasteiger partial charge in [0.1, 0.15) is 6.61 Å². The molecule has 7 nitrogen and oxygen atoms in total. The number of rotatable bonds is 6. The number of non-ortho nitro benzene ring substituents is 1. The van der Waals surface area contributed by atoms with Crippen molar-refractivity contribution in [3.05, 3.63) is 92.8 Å². The smallest absolute Gasteiger partial charge is 0.341 e. The summed E-state index contributed by atoms with van der Waals surface area (Å²) in [6.45, 7) is 0.460. The fourth-order valence-electron chi connectivity index (χ4n) is 2.30. The molecule has 3 rings (SSSR count). The lowest BCUT2D eigenvalue weighted by atomic mass is 10.2. The molecule has 0 aliphatic heterocycles. The van der Waals surface area contributed by atoms with Crippen molar-refractivity contribution in [3.63, 3.8) is 0 Å². The molecule has 0 fully saturated rings. The Balaban J connectivity index is 1.59. The summed E-state index contributed by atoms with van der Waals surface area (Å²) in [5, 5.41) is 15.4. The van der Waals surface area contributed by atoms with Crippen molar-refractivity contribution >= 4 is 23.3 Å². The fourth-order valence-corrected chi connectivity index (χ4v) is 2.50. The molecule has 26 heavy (non-hydrogen) atoms. The number of hydrogen-bond acceptors (Lipinski definition) is 5. The Labute approximate surface area is 153 Å². The number of nitro benzene ring substituents is 1. The molecule has 0 atom stereocenters. The van der Waals surface area contributed by atoms with E-state index in [1.807, 2.05) is 18.2 Å². The highest BCUT2D eigenvalue weighted by molar-refractivity contribution is 6.31. The summed E-state index contributed by atoms with van der Waals surface area (Å²) in [7, 11) is 0. The quantitative estimate of drug-likeness (QED) is 0.373. The number of benzene rings is 2. The third-order valence-electron chi connectivity index (χ3n) is 3.68. The van der Waals surface area contributed by atoms with E-state index in [9.17, 15) is 14.9 Å². The summed E-state index contributed by atoms with van der Waals surface area (Å²) in [4.78, 5) is 22.3. The van der Waals surface area contributed by atoms with E-state index in [4.69, 9.17) is 16.3 Å². The van der Waals surface area contributed by atoms with Crippen LogP contribution < -0.4 is 0 Å². The summed E-state index contributed by atoms with van der Waals surface area (Å²) >= 11 is 6.12. The number of esters is 1. The average Bonchev–Trinajstić information content (AvgIpc) is 3.10. The molecule has 3 aromatic rings. The second kappa shape index (κ2) is 7.79. The third-order valence-corrected chi connectivity index (χ3v) is 4.04. The van der Waals surface area contributed by atoms with Gasteiger partial charge in [-0.3, -0.25) is 14.8 Å². The van der Waals surface area contributed by atoms with Gasteiger partial charge >= 0.3 is 5.97 Å². The van der Waals surface area contributed by atoms with Crippen LogP contribution in [0.25, 0.3) is 0 Å². The van der Waals surface area contributed by atoms with Gasteiger partial charge in [0.2, 0.25) is 0 Å². The second-order valence-electron chi connectivity index (χ2n) is 5.52. The first-order valence-corrected chi connectivity index (χ1v) is 8.07. The van der Waals surface area contributed by atoms with Gasteiger partial charge in [-0.25, -0.2) is 4.79 Å². The van der Waals surface area contributed by atoms with Gasteiger partial charge in [-0.15, -0.1) is 0 Å². The normalized spacial score (nSPS) is 10.5. The molecule has 0 unspecified atom stereocenters. The molecule has 0 saturated carbocycles. The zero-order valence-corrected chi connectivity index (χ0v) is 14.3. The number of carbonyl (C=O) groups is 1. The molecular formula is C18H14ClN3O4. The number of nitro groups is 1. The van der Waals surface area contributed by atoms with Crippen LogP contribution in [0.3, 0.4) is 0 Å². The number of aromatic nitrogens is 2. The number of hydrogen-bond donors (Lipinski definition) is 0. The molecule has 0 bridgehead atoms. The van der Waals surface area contributed by atoms with Crippen molar-refractivity contribution in [2.45, 2.75) is 13.2 Å². The SMILES string of the molecule is O=C(OCc1ccc([N+](=O)[O-])cc1)c1cnn(Cc2ccccc2Cl)c1. The highest BCUT2D eigenvalue weighted by Gasteiger charge is 2.12. The van der Waals surface area contributed by atoms with Crippen molar-refractivity contribution in [2.75, 3.05) is 0 Å². The van der Waals surface area contributed by atoms with Gasteiger partial charge in [-0.05, 0) is 29.3 Å². The lowest BCUT2D eigenvalue weighted by Gasteiger charge is -2.04. The molecule has 132 valence electrons. The van der Waals surface area contributed by atoms with Crippen molar-refractivity contribution in [1.82, 2.24) is 9.78 Å². The van der Waals surface area contributed by atoms with Crippen molar-refractivity contribution in [1.29, 1.82) is 0 Å². The minimum Gasteiger partial charge on any atom is -0.457 e. The highest BCUT2D eigenvalue weighted by Crippen LogP contribution is 2.17. The first-order chi connectivity index (χ1) is 12.5. The monoisotopic (exact) mass is 371 g/mol. The minimum atomic E-state index is -0.520. The number of carbonyl (C=O) groups excluding carboxylic acids is 1. The van der Waals surface area contributed by atoms with Crippen LogP contribution in [0.5, 0.6) is 0 Å². The molecule has 0 spiro atoms. The van der Waals surface area contributed by atoms with Crippen LogP contribution in [0.4, 0.5) is 5.69 Å². The number of halogens is 1. The van der Waals surface area contributed by atoms with E-state index in [2.05, 4.69) is 5.10 Å². The van der Waals surface area contributed by atoms with Crippen molar-refractivity contribution < 1.29 is 14.5 Å². The summed E-state index contributed by atoms with van der Waals surface area (Å²) in [5.74, 6) is -0.520. The predicted octanol–water partition coefficient (Wildman–Crippen LogP) is 3.85. The van der Waals surface area contributed by atoms with Crippen LogP contribution >= 0.6 is 11.6 Å². The van der Waals surface area contributed by atoms with Crippen LogP contribution in [0.1, 0.15) is 21.5 Å². The molecular weight excluding hydrogens is 358 g/mol. The molecule has 1 aromatic heterocycles. The highest BCUT2D eigenvalue weighted by atomic mass is 35.5. The van der Waals surface area contributed by atoms with Gasteiger partial charge in [-0.1, -0.05) is 29.8 Å². The Morgan fingerprint density at radius 2 is 1.92 bits per heavy atom. The van der Waals surface area contributed by atoms with Crippen LogP contribution in [-0.2, 0) is 17.9 Å². The van der Waals surface area contributed by atoms with E-state index in [-0.39, 0.29) is 12.3 Å². The van der Waals surface area contributed by atoms with E-state index >= 15 is 0 Å². The van der Waals surface area contributed by atoms with Gasteiger partial charge in [0.25, 0.3) is 5.69 Å². The van der Waals surface area contributed by atoms with Gasteiger partial charge in [-0.2, -0.15) is 5.10 Å². The Kier molecular flexibility index (Phi) is 5.28. The summed E-state index contributed by atoms with van der Waals surface area (Å²) in [6.07, 6.45) is 3.01. The maximum atomic E-state index is 12.1. The molecule has 0 N–H and O–H groups in total. The average molecular weight is 372 g/mol. The van der Waals surface area contributed by atoms with Crippen LogP contribution in [0, 0.1) is 10.1 Å². The largest absolute Gasteiger partial charge is 0.457 e. The van der Waals surface area contributed by atoms with Crippen LogP contribution in [-0.4, -0.2) is 20.7 Å². The standard InChI is InChI=1S/C18H14ClN3O4/c19-17-4-2-1-3-14(17)10-21-11-15(9-20-21)18(23)26-12-13-5-7-16(8-6-13)22(24)25/h1-9,11H,10,12H2. The van der Waals surface area contributed by atoms with Gasteiger partial charge in [0.15, 0.2) is 0 Å². The van der Waals surface area contributed by atoms with E-state index in [0.717, 1.165) is 5.56 Å². The van der Waals surface area contributed by atoms with E-state index in [1.54, 1.807) is 29.1 Å².